The number of fused-ring (bicyclic) bond motifs is 1. The summed E-state index contributed by atoms with van der Waals surface area (Å²) in [7, 11) is 0. The third-order valence-corrected chi connectivity index (χ3v) is 3.49. The molecule has 3 rings (SSSR count). The average Bonchev–Trinajstić information content (AvgIpc) is 2.52. The molecule has 1 aromatic heterocycles. The average molecular weight is 296 g/mol. The summed E-state index contributed by atoms with van der Waals surface area (Å²) in [6, 6.07) is 10.1. The van der Waals surface area contributed by atoms with Crippen LogP contribution in [0.2, 0.25) is 0 Å². The van der Waals surface area contributed by atoms with Crippen LogP contribution in [0.25, 0.3) is 5.70 Å². The first kappa shape index (κ1) is 14.1. The summed E-state index contributed by atoms with van der Waals surface area (Å²) in [6.07, 6.45) is 4.37. The molecular weight excluding hydrogens is 280 g/mol. The van der Waals surface area contributed by atoms with Crippen LogP contribution < -0.4 is 11.2 Å². The van der Waals surface area contributed by atoms with Gasteiger partial charge in [0.15, 0.2) is 0 Å². The van der Waals surface area contributed by atoms with Crippen LogP contribution in [0.5, 0.6) is 0 Å². The van der Waals surface area contributed by atoms with E-state index in [9.17, 15) is 4.79 Å². The number of carbonyl (C=O) groups is 1. The zero-order valence-corrected chi connectivity index (χ0v) is 12.1. The lowest BCUT2D eigenvalue weighted by molar-refractivity contribution is -0.145. The maximum atomic E-state index is 11.0. The Morgan fingerprint density at radius 2 is 2.14 bits per heavy atom. The number of hydrogen-bond donors (Lipinski definition) is 2. The van der Waals surface area contributed by atoms with Gasteiger partial charge in [-0.05, 0) is 11.6 Å². The molecule has 0 saturated heterocycles. The van der Waals surface area contributed by atoms with Gasteiger partial charge >= 0.3 is 5.97 Å². The highest BCUT2D eigenvalue weighted by Crippen LogP contribution is 2.32. The topological polar surface area (TPSA) is 90.1 Å². The predicted molar refractivity (Wildman–Crippen MR) is 82.2 cm³/mol. The van der Waals surface area contributed by atoms with Gasteiger partial charge in [0.2, 0.25) is 5.95 Å². The number of carbonyl (C=O) groups excluding carboxylic acids is 1. The van der Waals surface area contributed by atoms with E-state index in [0.717, 1.165) is 23.2 Å². The number of hydroxylamine groups is 1. The minimum absolute atomic E-state index is 0.126. The molecule has 0 fully saturated rings. The van der Waals surface area contributed by atoms with Crippen molar-refractivity contribution in [3.8, 4) is 0 Å². The molecule has 112 valence electrons. The first-order valence-corrected chi connectivity index (χ1v) is 6.95. The number of nitrogens with zero attached hydrogens (tertiary/aromatic N) is 2. The second-order valence-corrected chi connectivity index (χ2v) is 5.09. The van der Waals surface area contributed by atoms with Crippen molar-refractivity contribution in [3.63, 3.8) is 0 Å². The molecule has 0 spiro atoms. The van der Waals surface area contributed by atoms with Crippen molar-refractivity contribution < 1.29 is 9.63 Å². The van der Waals surface area contributed by atoms with Gasteiger partial charge in [-0.15, -0.1) is 0 Å². The van der Waals surface area contributed by atoms with E-state index < -0.39 is 5.97 Å². The predicted octanol–water partition coefficient (Wildman–Crippen LogP) is 1.81. The van der Waals surface area contributed by atoms with Gasteiger partial charge in [0.1, 0.15) is 0 Å². The molecule has 0 saturated carbocycles. The van der Waals surface area contributed by atoms with E-state index in [1.807, 2.05) is 24.3 Å². The van der Waals surface area contributed by atoms with Gasteiger partial charge in [-0.2, -0.15) is 0 Å². The molecule has 0 bridgehead atoms. The minimum atomic E-state index is -0.416. The summed E-state index contributed by atoms with van der Waals surface area (Å²) >= 11 is 0. The second kappa shape index (κ2) is 5.85. The summed E-state index contributed by atoms with van der Waals surface area (Å²) in [5.74, 6) is -0.0546. The molecule has 1 aliphatic rings. The molecule has 1 aromatic carbocycles. The quantitative estimate of drug-likeness (QED) is 0.839. The van der Waals surface area contributed by atoms with Gasteiger partial charge in [-0.25, -0.2) is 15.4 Å². The third kappa shape index (κ3) is 2.90. The first-order chi connectivity index (χ1) is 10.6. The van der Waals surface area contributed by atoms with E-state index in [-0.39, 0.29) is 11.9 Å². The van der Waals surface area contributed by atoms with Crippen LogP contribution in [0.4, 0.5) is 5.95 Å². The number of aromatic nitrogens is 2. The molecule has 1 heterocycles. The molecular formula is C16H16N4O2. The lowest BCUT2D eigenvalue weighted by Crippen LogP contribution is -2.22. The molecule has 6 nitrogen and oxygen atoms in total. The Morgan fingerprint density at radius 3 is 2.86 bits per heavy atom. The minimum Gasteiger partial charge on any atom is -0.368 e. The number of rotatable bonds is 3. The SMILES string of the molecule is CC(=O)ONC1=CC(c2ccccc2)Cc2nc(N)ncc21. The van der Waals surface area contributed by atoms with Gasteiger partial charge in [-0.3, -0.25) is 4.79 Å². The molecule has 1 atom stereocenters. The summed E-state index contributed by atoms with van der Waals surface area (Å²) in [4.78, 5) is 24.3. The standard InChI is InChI=1S/C16H16N4O2/c1-10(21)22-20-15-8-12(11-5-3-2-4-6-11)7-14-13(15)9-18-16(17)19-14/h2-6,8-9,12,20H,7H2,1H3,(H2,17,18,19). The Labute approximate surface area is 128 Å². The maximum Gasteiger partial charge on any atom is 0.329 e. The number of nitrogen functional groups attached to an aromatic ring is 1. The van der Waals surface area contributed by atoms with E-state index >= 15 is 0 Å². The first-order valence-electron chi connectivity index (χ1n) is 6.95. The van der Waals surface area contributed by atoms with Crippen molar-refractivity contribution in [1.82, 2.24) is 15.4 Å². The highest BCUT2D eigenvalue weighted by Gasteiger charge is 2.23. The van der Waals surface area contributed by atoms with Gasteiger partial charge in [0.25, 0.3) is 0 Å². The Bertz CT molecular complexity index is 728. The van der Waals surface area contributed by atoms with Gasteiger partial charge in [0.05, 0.1) is 11.4 Å². The number of allylic oxidation sites excluding steroid dienone is 1. The van der Waals surface area contributed by atoms with Crippen LogP contribution in [0.15, 0.2) is 42.6 Å². The molecule has 3 N–H and O–H groups in total. The van der Waals surface area contributed by atoms with Crippen LogP contribution in [0, 0.1) is 0 Å². The number of anilines is 1. The smallest absolute Gasteiger partial charge is 0.329 e. The highest BCUT2D eigenvalue weighted by molar-refractivity contribution is 5.71. The Kier molecular flexibility index (Phi) is 3.74. The van der Waals surface area contributed by atoms with E-state index in [1.165, 1.54) is 6.92 Å². The number of nitrogens with two attached hydrogens (primary N) is 1. The Balaban J connectivity index is 1.98. The van der Waals surface area contributed by atoms with Gasteiger partial charge < -0.3 is 10.6 Å². The Hall–Kier alpha value is -2.89. The van der Waals surface area contributed by atoms with Crippen LogP contribution in [0.3, 0.4) is 0 Å². The summed E-state index contributed by atoms with van der Waals surface area (Å²) < 4.78 is 0. The van der Waals surface area contributed by atoms with Crippen molar-refractivity contribution in [2.45, 2.75) is 19.3 Å². The fourth-order valence-corrected chi connectivity index (χ4v) is 2.50. The van der Waals surface area contributed by atoms with E-state index in [1.54, 1.807) is 6.20 Å². The normalized spacial score (nSPS) is 16.4. The molecule has 0 radical (unpaired) electrons. The molecule has 0 amide bonds. The van der Waals surface area contributed by atoms with Gasteiger partial charge in [-0.1, -0.05) is 30.3 Å². The van der Waals surface area contributed by atoms with Crippen molar-refractivity contribution in [3.05, 3.63) is 59.4 Å². The van der Waals surface area contributed by atoms with Gasteiger partial charge in [0, 0.05) is 31.0 Å². The van der Waals surface area contributed by atoms with E-state index in [2.05, 4.69) is 27.6 Å². The third-order valence-electron chi connectivity index (χ3n) is 3.49. The summed E-state index contributed by atoms with van der Waals surface area (Å²) in [5, 5.41) is 0. The molecule has 1 aliphatic carbocycles. The Morgan fingerprint density at radius 1 is 1.36 bits per heavy atom. The highest BCUT2D eigenvalue weighted by atomic mass is 16.7. The van der Waals surface area contributed by atoms with Crippen LogP contribution in [0.1, 0.15) is 29.7 Å². The lowest BCUT2D eigenvalue weighted by atomic mass is 9.87. The van der Waals surface area contributed by atoms with E-state index in [4.69, 9.17) is 10.6 Å². The monoisotopic (exact) mass is 296 g/mol. The fraction of sp³-hybridized carbons (Fsp3) is 0.188. The van der Waals surface area contributed by atoms with Crippen LogP contribution in [-0.2, 0) is 16.1 Å². The second-order valence-electron chi connectivity index (χ2n) is 5.09. The van der Waals surface area contributed by atoms with Crippen molar-refractivity contribution in [2.75, 3.05) is 5.73 Å². The number of benzene rings is 1. The molecule has 22 heavy (non-hydrogen) atoms. The molecule has 0 aliphatic heterocycles. The number of hydrogen-bond acceptors (Lipinski definition) is 6. The van der Waals surface area contributed by atoms with Crippen molar-refractivity contribution in [1.29, 1.82) is 0 Å². The zero-order chi connectivity index (χ0) is 15.5. The van der Waals surface area contributed by atoms with Crippen molar-refractivity contribution >= 4 is 17.6 Å². The van der Waals surface area contributed by atoms with Crippen molar-refractivity contribution in [2.24, 2.45) is 0 Å². The summed E-state index contributed by atoms with van der Waals surface area (Å²) in [6.45, 7) is 1.34. The largest absolute Gasteiger partial charge is 0.368 e. The fourth-order valence-electron chi connectivity index (χ4n) is 2.50. The van der Waals surface area contributed by atoms with Crippen LogP contribution >= 0.6 is 0 Å². The zero-order valence-electron chi connectivity index (χ0n) is 12.1. The summed E-state index contributed by atoms with van der Waals surface area (Å²) in [5.41, 5.74) is 11.8. The maximum absolute atomic E-state index is 11.0. The number of nitrogens with one attached hydrogen (secondary N) is 1. The van der Waals surface area contributed by atoms with E-state index in [0.29, 0.717) is 5.70 Å². The molecule has 2 aromatic rings. The molecule has 6 heteroatoms. The van der Waals surface area contributed by atoms with Crippen LogP contribution in [-0.4, -0.2) is 15.9 Å². The molecule has 1 unspecified atom stereocenters. The lowest BCUT2D eigenvalue weighted by Gasteiger charge is -2.23.